The molecule has 0 aromatic heterocycles. The summed E-state index contributed by atoms with van der Waals surface area (Å²) < 4.78 is 5.00. The predicted octanol–water partition coefficient (Wildman–Crippen LogP) is 2.48. The highest BCUT2D eigenvalue weighted by molar-refractivity contribution is 5.91. The lowest BCUT2D eigenvalue weighted by Crippen LogP contribution is -2.09. The molecule has 0 aliphatic rings. The zero-order valence-electron chi connectivity index (χ0n) is 9.99. The van der Waals surface area contributed by atoms with Crippen molar-refractivity contribution in [2.45, 2.75) is 33.3 Å². The molecule has 0 atom stereocenters. The number of aliphatic hydroxyl groups excluding tert-OH is 1. The van der Waals surface area contributed by atoms with Crippen molar-refractivity contribution in [3.8, 4) is 0 Å². The van der Waals surface area contributed by atoms with Crippen LogP contribution in [0.4, 0.5) is 0 Å². The number of hydrogen-bond acceptors (Lipinski definition) is 3. The molecule has 0 saturated heterocycles. The molecule has 0 radical (unpaired) electrons. The number of rotatable bonds is 4. The van der Waals surface area contributed by atoms with Crippen molar-refractivity contribution in [2.24, 2.45) is 0 Å². The van der Waals surface area contributed by atoms with Gasteiger partial charge in [-0.25, -0.2) is 4.79 Å². The maximum Gasteiger partial charge on any atom is 0.338 e. The summed E-state index contributed by atoms with van der Waals surface area (Å²) in [6, 6.07) is 5.41. The van der Waals surface area contributed by atoms with Crippen LogP contribution in [-0.2, 0) is 11.3 Å². The molecule has 1 aromatic carbocycles. The number of ether oxygens (including phenoxy) is 1. The average molecular weight is 222 g/mol. The van der Waals surface area contributed by atoms with Crippen molar-refractivity contribution < 1.29 is 14.6 Å². The Hall–Kier alpha value is -1.35. The van der Waals surface area contributed by atoms with E-state index in [2.05, 4.69) is 0 Å². The van der Waals surface area contributed by atoms with Crippen LogP contribution < -0.4 is 0 Å². The van der Waals surface area contributed by atoms with E-state index < -0.39 is 0 Å². The second kappa shape index (κ2) is 5.66. The zero-order valence-corrected chi connectivity index (χ0v) is 9.99. The molecular weight excluding hydrogens is 204 g/mol. The molecule has 0 spiro atoms. The lowest BCUT2D eigenvalue weighted by Gasteiger charge is -2.12. The Balaban J connectivity index is 3.14. The Morgan fingerprint density at radius 1 is 1.44 bits per heavy atom. The smallest absolute Gasteiger partial charge is 0.338 e. The predicted molar refractivity (Wildman–Crippen MR) is 62.4 cm³/mol. The van der Waals surface area contributed by atoms with Gasteiger partial charge >= 0.3 is 5.97 Å². The first kappa shape index (κ1) is 12.7. The van der Waals surface area contributed by atoms with Crippen LogP contribution in [0.15, 0.2) is 18.2 Å². The van der Waals surface area contributed by atoms with Gasteiger partial charge in [0, 0.05) is 0 Å². The first-order chi connectivity index (χ1) is 7.60. The highest BCUT2D eigenvalue weighted by Gasteiger charge is 2.15. The number of hydrogen-bond donors (Lipinski definition) is 1. The number of benzene rings is 1. The molecule has 0 unspecified atom stereocenters. The molecule has 3 heteroatoms. The Bertz CT molecular complexity index is 369. The highest BCUT2D eigenvalue weighted by Crippen LogP contribution is 2.21. The summed E-state index contributed by atoms with van der Waals surface area (Å²) in [7, 11) is 0. The molecule has 1 N–H and O–H groups in total. The number of esters is 1. The van der Waals surface area contributed by atoms with Gasteiger partial charge in [0.15, 0.2) is 0 Å². The van der Waals surface area contributed by atoms with Crippen molar-refractivity contribution in [3.05, 3.63) is 34.9 Å². The maximum atomic E-state index is 11.7. The normalized spacial score (nSPS) is 10.6. The van der Waals surface area contributed by atoms with Gasteiger partial charge in [0.1, 0.15) is 0 Å². The summed E-state index contributed by atoms with van der Waals surface area (Å²) in [6.07, 6.45) is 0. The standard InChI is InChI=1S/C13H18O3/c1-4-16-13(15)12-7-10(8-14)5-6-11(12)9(2)3/h5-7,9,14H,4,8H2,1-3H3. The van der Waals surface area contributed by atoms with E-state index in [1.54, 1.807) is 13.0 Å². The molecule has 0 aliphatic heterocycles. The summed E-state index contributed by atoms with van der Waals surface area (Å²) in [5.41, 5.74) is 2.24. The van der Waals surface area contributed by atoms with Gasteiger partial charge in [0.25, 0.3) is 0 Å². The molecular formula is C13H18O3. The van der Waals surface area contributed by atoms with Gasteiger partial charge < -0.3 is 9.84 Å². The van der Waals surface area contributed by atoms with E-state index >= 15 is 0 Å². The summed E-state index contributed by atoms with van der Waals surface area (Å²) >= 11 is 0. The third kappa shape index (κ3) is 2.83. The summed E-state index contributed by atoms with van der Waals surface area (Å²) in [5, 5.41) is 9.05. The van der Waals surface area contributed by atoms with Crippen molar-refractivity contribution in [1.29, 1.82) is 0 Å². The molecule has 0 heterocycles. The van der Waals surface area contributed by atoms with Crippen molar-refractivity contribution in [1.82, 2.24) is 0 Å². The van der Waals surface area contributed by atoms with Crippen molar-refractivity contribution in [2.75, 3.05) is 6.61 Å². The molecule has 0 fully saturated rings. The van der Waals surface area contributed by atoms with Gasteiger partial charge in [-0.3, -0.25) is 0 Å². The monoisotopic (exact) mass is 222 g/mol. The van der Waals surface area contributed by atoms with E-state index in [1.807, 2.05) is 26.0 Å². The van der Waals surface area contributed by atoms with E-state index in [1.165, 1.54) is 0 Å². The lowest BCUT2D eigenvalue weighted by atomic mass is 9.95. The van der Waals surface area contributed by atoms with Gasteiger partial charge in [-0.1, -0.05) is 26.0 Å². The average Bonchev–Trinajstić information content (AvgIpc) is 2.28. The molecule has 3 nitrogen and oxygen atoms in total. The minimum absolute atomic E-state index is 0.0647. The van der Waals surface area contributed by atoms with Crippen LogP contribution >= 0.6 is 0 Å². The molecule has 0 amide bonds. The van der Waals surface area contributed by atoms with Crippen LogP contribution in [0.3, 0.4) is 0 Å². The number of carbonyl (C=O) groups is 1. The van der Waals surface area contributed by atoms with Crippen LogP contribution in [0.25, 0.3) is 0 Å². The molecule has 16 heavy (non-hydrogen) atoms. The Labute approximate surface area is 96.1 Å². The topological polar surface area (TPSA) is 46.5 Å². The molecule has 0 bridgehead atoms. The fraction of sp³-hybridized carbons (Fsp3) is 0.462. The minimum atomic E-state index is -0.318. The first-order valence-electron chi connectivity index (χ1n) is 5.51. The molecule has 1 aromatic rings. The third-order valence-corrected chi connectivity index (χ3v) is 2.42. The molecule has 0 saturated carbocycles. The fourth-order valence-corrected chi connectivity index (χ4v) is 1.59. The highest BCUT2D eigenvalue weighted by atomic mass is 16.5. The van der Waals surface area contributed by atoms with Crippen LogP contribution in [0.1, 0.15) is 48.2 Å². The van der Waals surface area contributed by atoms with E-state index in [-0.39, 0.29) is 18.5 Å². The second-order valence-electron chi connectivity index (χ2n) is 3.95. The van der Waals surface area contributed by atoms with E-state index in [0.717, 1.165) is 11.1 Å². The Kier molecular flexibility index (Phi) is 4.50. The molecule has 0 aliphatic carbocycles. The van der Waals surface area contributed by atoms with E-state index in [0.29, 0.717) is 12.2 Å². The first-order valence-corrected chi connectivity index (χ1v) is 5.51. The molecule has 1 rings (SSSR count). The second-order valence-corrected chi connectivity index (χ2v) is 3.95. The Morgan fingerprint density at radius 2 is 2.12 bits per heavy atom. The number of carbonyl (C=O) groups excluding carboxylic acids is 1. The lowest BCUT2D eigenvalue weighted by molar-refractivity contribution is 0.0524. The van der Waals surface area contributed by atoms with Crippen LogP contribution in [0.2, 0.25) is 0 Å². The SMILES string of the molecule is CCOC(=O)c1cc(CO)ccc1C(C)C. The summed E-state index contributed by atoms with van der Waals surface area (Å²) in [4.78, 5) is 11.7. The van der Waals surface area contributed by atoms with Gasteiger partial charge in [0.2, 0.25) is 0 Å². The quantitative estimate of drug-likeness (QED) is 0.796. The van der Waals surface area contributed by atoms with Gasteiger partial charge in [-0.15, -0.1) is 0 Å². The Morgan fingerprint density at radius 3 is 2.62 bits per heavy atom. The van der Waals surface area contributed by atoms with Crippen molar-refractivity contribution >= 4 is 5.97 Å². The van der Waals surface area contributed by atoms with Gasteiger partial charge in [0.05, 0.1) is 18.8 Å². The minimum Gasteiger partial charge on any atom is -0.462 e. The van der Waals surface area contributed by atoms with Gasteiger partial charge in [-0.2, -0.15) is 0 Å². The maximum absolute atomic E-state index is 11.7. The third-order valence-electron chi connectivity index (χ3n) is 2.42. The zero-order chi connectivity index (χ0) is 12.1. The van der Waals surface area contributed by atoms with E-state index in [4.69, 9.17) is 9.84 Å². The van der Waals surface area contributed by atoms with Crippen LogP contribution in [0.5, 0.6) is 0 Å². The molecule has 88 valence electrons. The largest absolute Gasteiger partial charge is 0.462 e. The summed E-state index contributed by atoms with van der Waals surface area (Å²) in [5.74, 6) is -0.0614. The fourth-order valence-electron chi connectivity index (χ4n) is 1.59. The van der Waals surface area contributed by atoms with Gasteiger partial charge in [-0.05, 0) is 30.0 Å². The number of aliphatic hydroxyl groups is 1. The van der Waals surface area contributed by atoms with Crippen LogP contribution in [0, 0.1) is 0 Å². The van der Waals surface area contributed by atoms with Crippen LogP contribution in [-0.4, -0.2) is 17.7 Å². The van der Waals surface area contributed by atoms with Crippen molar-refractivity contribution in [3.63, 3.8) is 0 Å². The summed E-state index contributed by atoms with van der Waals surface area (Å²) in [6.45, 7) is 6.13. The van der Waals surface area contributed by atoms with E-state index in [9.17, 15) is 4.79 Å².